The minimum absolute atomic E-state index is 0. The first kappa shape index (κ1) is 45.4. The van der Waals surface area contributed by atoms with E-state index in [0.717, 1.165) is 107 Å². The largest absolute Gasteiger partial charge is 3.00 e. The normalized spacial score (nSPS) is 13.0. The molecule has 4 aromatic carbocycles. The molecule has 0 fully saturated rings. The van der Waals surface area contributed by atoms with Crippen LogP contribution >= 0.6 is 0 Å². The Morgan fingerprint density at radius 3 is 0.631 bits per heavy atom. The van der Waals surface area contributed by atoms with Gasteiger partial charge in [-0.1, -0.05) is 0 Å². The van der Waals surface area contributed by atoms with Crippen LogP contribution in [0.1, 0.15) is 22.8 Å². The number of hydrogen-bond acceptors (Lipinski definition) is 2. The van der Waals surface area contributed by atoms with Crippen molar-refractivity contribution < 1.29 is 17.1 Å². The first-order chi connectivity index (χ1) is 30.2. The van der Waals surface area contributed by atoms with E-state index in [2.05, 4.69) is 240 Å². The van der Waals surface area contributed by atoms with E-state index in [1.165, 1.54) is 22.7 Å². The van der Waals surface area contributed by atoms with E-state index in [9.17, 15) is 0 Å². The van der Waals surface area contributed by atoms with Crippen molar-refractivity contribution in [3.05, 3.63) is 144 Å². The van der Waals surface area contributed by atoms with Gasteiger partial charge >= 0.3 is 17.1 Å². The second-order valence-electron chi connectivity index (χ2n) is 20.7. The Bertz CT molecular complexity index is 2720. The molecule has 0 saturated carbocycles. The van der Waals surface area contributed by atoms with E-state index in [-0.39, 0.29) is 17.1 Å². The van der Waals surface area contributed by atoms with Crippen LogP contribution in [-0.2, 0) is 17.1 Å². The molecular weight excluding hydrogens is 840 g/mol. The zero-order valence-electron chi connectivity index (χ0n) is 39.9. The molecular formula is C56H62MnN8+7. The van der Waals surface area contributed by atoms with Crippen LogP contribution in [0.3, 0.4) is 0 Å². The molecule has 2 N–H and O–H groups in total. The first-order valence-electron chi connectivity index (χ1n) is 22.1. The number of H-pyrrole nitrogens is 2. The van der Waals surface area contributed by atoms with Gasteiger partial charge in [-0.25, -0.2) is 9.97 Å². The van der Waals surface area contributed by atoms with Gasteiger partial charge in [-0.05, 0) is 168 Å². The Hall–Kier alpha value is -6.16. The van der Waals surface area contributed by atoms with Gasteiger partial charge in [0.15, 0.2) is 0 Å². The molecule has 7 aromatic rings. The van der Waals surface area contributed by atoms with Crippen LogP contribution in [0.2, 0.25) is 0 Å². The number of quaternary nitrogens is 4. The molecule has 5 heterocycles. The summed E-state index contributed by atoms with van der Waals surface area (Å²) in [6.45, 7) is 0. The summed E-state index contributed by atoms with van der Waals surface area (Å²) >= 11 is 0. The zero-order valence-corrected chi connectivity index (χ0v) is 41.1. The molecule has 0 aliphatic carbocycles. The van der Waals surface area contributed by atoms with Crippen LogP contribution in [0.25, 0.3) is 90.9 Å². The van der Waals surface area contributed by atoms with E-state index in [0.29, 0.717) is 0 Å². The molecule has 8 bridgehead atoms. The SMILES string of the molecule is C[N+](C)(C)c1ccc(-c2c3nc(c(-c4ccc([N+](C)(C)C)cc4)c4ccc([nH]4)c(-c4ccc([N+](C)(C)C)cc4)c4nc(c(-c5ccc([N+](C)(C)C)cc5)c5ccc2[nH]5)C=C4)C=C3)cc1.[Mn+3]. The summed E-state index contributed by atoms with van der Waals surface area (Å²) in [4.78, 5) is 18.9. The zero-order chi connectivity index (χ0) is 45.3. The van der Waals surface area contributed by atoms with Crippen LogP contribution < -0.4 is 17.9 Å². The summed E-state index contributed by atoms with van der Waals surface area (Å²) in [5.74, 6) is 0. The molecule has 3 aromatic heterocycles. The Balaban J connectivity index is 0.00000576. The number of benzene rings is 4. The molecule has 0 amide bonds. The third kappa shape index (κ3) is 8.96. The summed E-state index contributed by atoms with van der Waals surface area (Å²) in [5.41, 5.74) is 20.9. The molecule has 326 valence electrons. The van der Waals surface area contributed by atoms with Gasteiger partial charge in [0.1, 0.15) is 22.7 Å². The van der Waals surface area contributed by atoms with E-state index in [1.807, 2.05) is 0 Å². The van der Waals surface area contributed by atoms with Crippen molar-refractivity contribution in [3.8, 4) is 44.5 Å². The van der Waals surface area contributed by atoms with E-state index >= 15 is 0 Å². The predicted octanol–water partition coefficient (Wildman–Crippen LogP) is 12.1. The molecule has 9 rings (SSSR count). The minimum atomic E-state index is 0. The van der Waals surface area contributed by atoms with Crippen LogP contribution in [-0.4, -0.2) is 105 Å². The maximum atomic E-state index is 5.54. The fraction of sp³-hybridized carbons (Fsp3) is 0.214. The molecule has 2 aliphatic rings. The maximum Gasteiger partial charge on any atom is 3.00 e. The first-order valence-corrected chi connectivity index (χ1v) is 22.1. The number of aromatic amines is 2. The quantitative estimate of drug-likeness (QED) is 0.118. The van der Waals surface area contributed by atoms with E-state index in [4.69, 9.17) is 9.97 Å². The summed E-state index contributed by atoms with van der Waals surface area (Å²) in [6.07, 6.45) is 8.69. The van der Waals surface area contributed by atoms with Gasteiger partial charge in [0, 0.05) is 44.3 Å². The number of rotatable bonds is 8. The summed E-state index contributed by atoms with van der Waals surface area (Å²) in [6, 6.07) is 44.5. The van der Waals surface area contributed by atoms with Gasteiger partial charge in [-0.2, -0.15) is 0 Å². The van der Waals surface area contributed by atoms with Crippen molar-refractivity contribution in [2.75, 3.05) is 84.6 Å². The Morgan fingerprint density at radius 1 is 0.277 bits per heavy atom. The third-order valence-electron chi connectivity index (χ3n) is 12.5. The van der Waals surface area contributed by atoms with Crippen molar-refractivity contribution in [2.45, 2.75) is 0 Å². The number of hydrogen-bond donors (Lipinski definition) is 2. The number of fused-ring (bicyclic) bond motifs is 8. The molecule has 0 atom stereocenters. The van der Waals surface area contributed by atoms with Crippen molar-refractivity contribution in [3.63, 3.8) is 0 Å². The van der Waals surface area contributed by atoms with Crippen molar-refractivity contribution >= 4 is 69.1 Å². The van der Waals surface area contributed by atoms with Gasteiger partial charge in [-0.15, -0.1) is 0 Å². The summed E-state index contributed by atoms with van der Waals surface area (Å²) in [5, 5.41) is 0. The maximum absolute atomic E-state index is 5.54. The number of nitrogens with zero attached hydrogens (tertiary/aromatic N) is 6. The number of nitrogens with one attached hydrogen (secondary N) is 2. The van der Waals surface area contributed by atoms with E-state index in [1.54, 1.807) is 0 Å². The number of aromatic nitrogens is 4. The van der Waals surface area contributed by atoms with Crippen molar-refractivity contribution in [1.82, 2.24) is 37.9 Å². The smallest absolute Gasteiger partial charge is 0.354 e. The fourth-order valence-corrected chi connectivity index (χ4v) is 8.72. The van der Waals surface area contributed by atoms with Crippen LogP contribution in [0.4, 0.5) is 22.7 Å². The molecule has 0 spiro atoms. The third-order valence-corrected chi connectivity index (χ3v) is 12.5. The molecule has 0 saturated heterocycles. The molecule has 8 nitrogen and oxygen atoms in total. The average molecular weight is 902 g/mol. The van der Waals surface area contributed by atoms with Gasteiger partial charge in [0.25, 0.3) is 0 Å². The fourth-order valence-electron chi connectivity index (χ4n) is 8.72. The molecule has 9 heteroatoms. The summed E-state index contributed by atoms with van der Waals surface area (Å²) in [7, 11) is 26.4. The van der Waals surface area contributed by atoms with Crippen molar-refractivity contribution in [1.29, 1.82) is 0 Å². The predicted molar refractivity (Wildman–Crippen MR) is 279 cm³/mol. The Kier molecular flexibility index (Phi) is 11.7. The monoisotopic (exact) mass is 901 g/mol. The van der Waals surface area contributed by atoms with Crippen LogP contribution in [0.15, 0.2) is 121 Å². The standard InChI is InChI=1S/C56H62N8.Mn/c1-61(2,3)41-21-13-37(14-22-41)53-45-29-31-47(57-45)54(38-15-23-42(24-16-38)62(4,5)6)49-33-35-51(59-49)56(40-19-27-44(28-20-40)64(10,11)12)52-36-34-50(60-52)55(48-32-30-46(53)58-48)39-17-25-43(26-18-39)63(7,8)9;/h13-36,57,60H,1-12H3;/q+4;+3. The Morgan fingerprint density at radius 2 is 0.462 bits per heavy atom. The summed E-state index contributed by atoms with van der Waals surface area (Å²) < 4.78 is 2.91. The molecule has 0 radical (unpaired) electrons. The molecule has 0 unspecified atom stereocenters. The van der Waals surface area contributed by atoms with Gasteiger partial charge in [0.05, 0.1) is 107 Å². The van der Waals surface area contributed by atoms with Gasteiger partial charge in [0.2, 0.25) is 0 Å². The molecule has 2 aliphatic heterocycles. The topological polar surface area (TPSA) is 57.4 Å². The Labute approximate surface area is 395 Å². The van der Waals surface area contributed by atoms with Crippen LogP contribution in [0, 0.1) is 0 Å². The molecule has 65 heavy (non-hydrogen) atoms. The average Bonchev–Trinajstić information content (AvgIpc) is 4.08. The minimum Gasteiger partial charge on any atom is -0.354 e. The van der Waals surface area contributed by atoms with Crippen molar-refractivity contribution in [2.24, 2.45) is 0 Å². The second-order valence-corrected chi connectivity index (χ2v) is 20.7. The van der Waals surface area contributed by atoms with Gasteiger partial charge in [-0.3, -0.25) is 17.9 Å². The van der Waals surface area contributed by atoms with Crippen LogP contribution in [0.5, 0.6) is 0 Å². The van der Waals surface area contributed by atoms with Gasteiger partial charge < -0.3 is 9.97 Å². The van der Waals surface area contributed by atoms with E-state index < -0.39 is 0 Å². The second kappa shape index (κ2) is 16.7.